The Morgan fingerprint density at radius 1 is 1.29 bits per heavy atom. The average Bonchev–Trinajstić information content (AvgIpc) is 3.40. The summed E-state index contributed by atoms with van der Waals surface area (Å²) >= 11 is 1.43. The van der Waals surface area contributed by atoms with Crippen molar-refractivity contribution in [2.45, 2.75) is 25.4 Å². The highest BCUT2D eigenvalue weighted by Gasteiger charge is 2.34. The number of rotatable bonds is 5. The van der Waals surface area contributed by atoms with Gasteiger partial charge in [0, 0.05) is 38.6 Å². The van der Waals surface area contributed by atoms with Crippen molar-refractivity contribution in [3.8, 4) is 10.8 Å². The Hall–Kier alpha value is -1.98. The minimum atomic E-state index is -2.90. The zero-order valence-electron chi connectivity index (χ0n) is 15.3. The fourth-order valence-electron chi connectivity index (χ4n) is 3.71. The van der Waals surface area contributed by atoms with E-state index in [0.717, 1.165) is 4.88 Å². The molecule has 2 saturated heterocycles. The first-order chi connectivity index (χ1) is 13.4. The number of hydrogen-bond acceptors (Lipinski definition) is 8. The van der Waals surface area contributed by atoms with Crippen LogP contribution in [0.5, 0.6) is 0 Å². The summed E-state index contributed by atoms with van der Waals surface area (Å²) in [5.74, 6) is 0.154. The highest BCUT2D eigenvalue weighted by molar-refractivity contribution is 7.91. The lowest BCUT2D eigenvalue weighted by Gasteiger charge is -2.37. The van der Waals surface area contributed by atoms with E-state index < -0.39 is 15.6 Å². The average molecular weight is 427 g/mol. The van der Waals surface area contributed by atoms with Crippen LogP contribution in [0.4, 0.5) is 0 Å². The van der Waals surface area contributed by atoms with Crippen LogP contribution in [-0.4, -0.2) is 77.6 Å². The van der Waals surface area contributed by atoms with Crippen LogP contribution in [0.25, 0.3) is 10.8 Å². The Bertz CT molecular complexity index is 987. The first kappa shape index (κ1) is 19.3. The summed E-state index contributed by atoms with van der Waals surface area (Å²) in [6.45, 7) is 2.68. The predicted molar refractivity (Wildman–Crippen MR) is 104 cm³/mol. The smallest absolute Gasteiger partial charge is 0.387 e. The number of aromatic nitrogens is 2. The van der Waals surface area contributed by atoms with E-state index in [4.69, 9.17) is 4.42 Å². The fraction of sp³-hybridized carbons (Fsp3) is 0.588. The van der Waals surface area contributed by atoms with Crippen LogP contribution in [0.15, 0.2) is 26.7 Å². The van der Waals surface area contributed by atoms with Gasteiger partial charge >= 0.3 is 5.76 Å². The zero-order chi connectivity index (χ0) is 19.7. The quantitative estimate of drug-likeness (QED) is 0.676. The van der Waals surface area contributed by atoms with Crippen LogP contribution in [-0.2, 0) is 21.2 Å². The number of sulfone groups is 1. The molecule has 0 spiro atoms. The summed E-state index contributed by atoms with van der Waals surface area (Å²) in [6.07, 6.45) is 0.853. The Balaban J connectivity index is 1.28. The van der Waals surface area contributed by atoms with Crippen molar-refractivity contribution in [1.82, 2.24) is 19.6 Å². The maximum absolute atomic E-state index is 12.5. The highest BCUT2D eigenvalue weighted by Crippen LogP contribution is 2.21. The summed E-state index contributed by atoms with van der Waals surface area (Å²) < 4.78 is 29.6. The molecule has 0 aliphatic carbocycles. The molecule has 0 N–H and O–H groups in total. The molecule has 4 rings (SSSR count). The third-order valence-corrected chi connectivity index (χ3v) is 7.88. The molecule has 0 radical (unpaired) electrons. The van der Waals surface area contributed by atoms with Crippen LogP contribution in [0.2, 0.25) is 0 Å². The van der Waals surface area contributed by atoms with Crippen LogP contribution in [0.3, 0.4) is 0 Å². The lowest BCUT2D eigenvalue weighted by molar-refractivity contribution is -0.133. The molecule has 2 aromatic rings. The van der Waals surface area contributed by atoms with Crippen molar-refractivity contribution < 1.29 is 17.6 Å². The van der Waals surface area contributed by atoms with E-state index in [1.54, 1.807) is 4.90 Å². The van der Waals surface area contributed by atoms with Gasteiger partial charge in [-0.15, -0.1) is 16.4 Å². The standard InChI is InChI=1S/C17H22N4O5S2/c22-15(3-5-21-17(23)26-16(18-21)14-2-1-10-27-14)20-8-6-19(7-9-20)13-4-11-28(24,25)12-13/h1-2,10,13H,3-9,11-12H2. The van der Waals surface area contributed by atoms with E-state index in [1.165, 1.54) is 16.0 Å². The van der Waals surface area contributed by atoms with Gasteiger partial charge in [-0.1, -0.05) is 6.07 Å². The first-order valence-electron chi connectivity index (χ1n) is 9.25. The molecule has 2 aliphatic rings. The highest BCUT2D eigenvalue weighted by atomic mass is 32.2. The largest absolute Gasteiger partial charge is 0.437 e. The molecule has 0 aromatic carbocycles. The summed E-state index contributed by atoms with van der Waals surface area (Å²) in [5, 5.41) is 6.03. The van der Waals surface area contributed by atoms with Crippen molar-refractivity contribution >= 4 is 27.1 Å². The normalized spacial score (nSPS) is 22.6. The Morgan fingerprint density at radius 3 is 2.71 bits per heavy atom. The second-order valence-electron chi connectivity index (χ2n) is 7.10. The van der Waals surface area contributed by atoms with E-state index in [-0.39, 0.29) is 42.3 Å². The maximum Gasteiger partial charge on any atom is 0.437 e. The van der Waals surface area contributed by atoms with Gasteiger partial charge in [-0.25, -0.2) is 13.2 Å². The summed E-state index contributed by atoms with van der Waals surface area (Å²) in [5.41, 5.74) is 0. The van der Waals surface area contributed by atoms with Gasteiger partial charge in [-0.3, -0.25) is 9.69 Å². The number of piperazine rings is 1. The third-order valence-electron chi connectivity index (χ3n) is 5.27. The van der Waals surface area contributed by atoms with Gasteiger partial charge in [0.1, 0.15) is 0 Å². The lowest BCUT2D eigenvalue weighted by Crippen LogP contribution is -2.52. The summed E-state index contributed by atoms with van der Waals surface area (Å²) in [4.78, 5) is 29.1. The van der Waals surface area contributed by atoms with Gasteiger partial charge < -0.3 is 9.32 Å². The molecule has 2 aliphatic heterocycles. The van der Waals surface area contributed by atoms with Crippen LogP contribution in [0.1, 0.15) is 12.8 Å². The molecule has 28 heavy (non-hydrogen) atoms. The van der Waals surface area contributed by atoms with Gasteiger partial charge in [-0.2, -0.15) is 4.68 Å². The Labute approximate surface area is 166 Å². The molecular weight excluding hydrogens is 404 g/mol. The number of aryl methyl sites for hydroxylation is 1. The summed E-state index contributed by atoms with van der Waals surface area (Å²) in [7, 11) is -2.90. The molecule has 2 fully saturated rings. The van der Waals surface area contributed by atoms with E-state index in [0.29, 0.717) is 32.6 Å². The molecule has 152 valence electrons. The molecule has 1 amide bonds. The minimum absolute atomic E-state index is 0.0359. The number of carbonyl (C=O) groups is 1. The van der Waals surface area contributed by atoms with Gasteiger partial charge in [0.2, 0.25) is 5.91 Å². The van der Waals surface area contributed by atoms with E-state index in [9.17, 15) is 18.0 Å². The van der Waals surface area contributed by atoms with Gasteiger partial charge in [0.05, 0.1) is 22.9 Å². The predicted octanol–water partition coefficient (Wildman–Crippen LogP) is 0.286. The lowest BCUT2D eigenvalue weighted by atomic mass is 10.2. The van der Waals surface area contributed by atoms with Crippen molar-refractivity contribution in [3.05, 3.63) is 28.1 Å². The number of amides is 1. The fourth-order valence-corrected chi connectivity index (χ4v) is 6.11. The number of carbonyl (C=O) groups excluding carboxylic acids is 1. The molecule has 4 heterocycles. The van der Waals surface area contributed by atoms with E-state index in [2.05, 4.69) is 10.00 Å². The number of hydrogen-bond donors (Lipinski definition) is 0. The molecule has 1 unspecified atom stereocenters. The molecule has 9 nitrogen and oxygen atoms in total. The molecule has 0 saturated carbocycles. The van der Waals surface area contributed by atoms with Gasteiger partial charge in [-0.05, 0) is 17.9 Å². The Kier molecular flexibility index (Phi) is 5.39. The maximum atomic E-state index is 12.5. The van der Waals surface area contributed by atoms with E-state index >= 15 is 0 Å². The monoisotopic (exact) mass is 426 g/mol. The van der Waals surface area contributed by atoms with E-state index in [1.807, 2.05) is 17.5 Å². The third kappa shape index (κ3) is 4.20. The SMILES string of the molecule is O=C(CCn1nc(-c2cccs2)oc1=O)N1CCN(C2CCS(=O)(=O)C2)CC1. The van der Waals surface area contributed by atoms with Crippen LogP contribution >= 0.6 is 11.3 Å². The molecule has 2 aromatic heterocycles. The molecule has 1 atom stereocenters. The number of nitrogens with zero attached hydrogens (tertiary/aromatic N) is 4. The van der Waals surface area contributed by atoms with Crippen molar-refractivity contribution in [2.24, 2.45) is 0 Å². The van der Waals surface area contributed by atoms with Crippen molar-refractivity contribution in [2.75, 3.05) is 37.7 Å². The topological polar surface area (TPSA) is 106 Å². The van der Waals surface area contributed by atoms with Crippen molar-refractivity contribution in [1.29, 1.82) is 0 Å². The molecular formula is C17H22N4O5S2. The second kappa shape index (κ2) is 7.80. The second-order valence-corrected chi connectivity index (χ2v) is 10.3. The van der Waals surface area contributed by atoms with Crippen LogP contribution in [0, 0.1) is 0 Å². The summed E-state index contributed by atoms with van der Waals surface area (Å²) in [6, 6.07) is 3.75. The molecule has 0 bridgehead atoms. The van der Waals surface area contributed by atoms with Gasteiger partial charge in [0.25, 0.3) is 5.89 Å². The van der Waals surface area contributed by atoms with Gasteiger partial charge in [0.15, 0.2) is 9.84 Å². The Morgan fingerprint density at radius 2 is 2.07 bits per heavy atom. The molecule has 11 heteroatoms. The van der Waals surface area contributed by atoms with Crippen molar-refractivity contribution in [3.63, 3.8) is 0 Å². The van der Waals surface area contributed by atoms with Crippen LogP contribution < -0.4 is 5.76 Å². The first-order valence-corrected chi connectivity index (χ1v) is 12.0. The number of thiophene rings is 1. The minimum Gasteiger partial charge on any atom is -0.387 e. The zero-order valence-corrected chi connectivity index (χ0v) is 17.0.